The molecular weight excluding hydrogens is 278 g/mol. The molecule has 0 bridgehead atoms. The van der Waals surface area contributed by atoms with Gasteiger partial charge < -0.3 is 10.1 Å². The van der Waals surface area contributed by atoms with Crippen molar-refractivity contribution in [3.05, 3.63) is 0 Å². The lowest BCUT2D eigenvalue weighted by Crippen LogP contribution is -2.47. The van der Waals surface area contributed by atoms with E-state index in [2.05, 4.69) is 21.9 Å². The third-order valence-corrected chi connectivity index (χ3v) is 5.23. The molecule has 1 heterocycles. The van der Waals surface area contributed by atoms with Crippen molar-refractivity contribution in [2.24, 2.45) is 0 Å². The molecule has 6 nitrogen and oxygen atoms in total. The van der Waals surface area contributed by atoms with Crippen LogP contribution in [0.3, 0.4) is 0 Å². The van der Waals surface area contributed by atoms with Crippen LogP contribution in [0.4, 0.5) is 0 Å². The van der Waals surface area contributed by atoms with Gasteiger partial charge in [-0.1, -0.05) is 6.92 Å². The quantitative estimate of drug-likeness (QED) is 0.576. The third kappa shape index (κ3) is 6.05. The van der Waals surface area contributed by atoms with Crippen LogP contribution in [0.5, 0.6) is 0 Å². The number of hydrogen-bond donors (Lipinski definition) is 2. The predicted molar refractivity (Wildman–Crippen MR) is 79.3 cm³/mol. The van der Waals surface area contributed by atoms with Crippen molar-refractivity contribution in [3.8, 4) is 0 Å². The number of nitrogens with one attached hydrogen (secondary N) is 2. The van der Waals surface area contributed by atoms with Crippen LogP contribution in [0.1, 0.15) is 26.2 Å². The second-order valence-electron chi connectivity index (χ2n) is 5.64. The molecule has 0 spiro atoms. The number of likely N-dealkylation sites (N-methyl/N-ethyl adjacent to an activating group) is 1. The maximum atomic E-state index is 11.9. The van der Waals surface area contributed by atoms with Crippen molar-refractivity contribution in [2.45, 2.75) is 38.3 Å². The Morgan fingerprint density at radius 1 is 1.35 bits per heavy atom. The van der Waals surface area contributed by atoms with E-state index < -0.39 is 10.0 Å². The summed E-state index contributed by atoms with van der Waals surface area (Å²) < 4.78 is 32.0. The Bertz CT molecular complexity index is 384. The van der Waals surface area contributed by atoms with Crippen LogP contribution < -0.4 is 10.0 Å². The summed E-state index contributed by atoms with van der Waals surface area (Å²) in [6.07, 6.45) is 3.11. The van der Waals surface area contributed by atoms with Crippen LogP contribution in [0.15, 0.2) is 0 Å². The van der Waals surface area contributed by atoms with Crippen LogP contribution in [0, 0.1) is 0 Å². The van der Waals surface area contributed by atoms with Gasteiger partial charge in [0, 0.05) is 25.7 Å². The topological polar surface area (TPSA) is 70.7 Å². The van der Waals surface area contributed by atoms with Crippen molar-refractivity contribution in [1.82, 2.24) is 14.9 Å². The zero-order valence-corrected chi connectivity index (χ0v) is 13.1. The summed E-state index contributed by atoms with van der Waals surface area (Å²) in [6, 6.07) is 0.640. The normalized spacial score (nSPS) is 24.9. The monoisotopic (exact) mass is 305 g/mol. The highest BCUT2D eigenvalue weighted by molar-refractivity contribution is 7.89. The molecule has 1 atom stereocenters. The molecule has 118 valence electrons. The molecule has 1 saturated heterocycles. The Kier molecular flexibility index (Phi) is 6.22. The van der Waals surface area contributed by atoms with E-state index in [1.165, 1.54) is 12.8 Å². The van der Waals surface area contributed by atoms with Gasteiger partial charge in [0.1, 0.15) is 0 Å². The van der Waals surface area contributed by atoms with Gasteiger partial charge in [-0.2, -0.15) is 0 Å². The van der Waals surface area contributed by atoms with E-state index in [0.717, 1.165) is 26.2 Å². The molecule has 2 fully saturated rings. The predicted octanol–water partition coefficient (Wildman–Crippen LogP) is -0.231. The molecule has 2 N–H and O–H groups in total. The van der Waals surface area contributed by atoms with E-state index in [-0.39, 0.29) is 11.9 Å². The van der Waals surface area contributed by atoms with Crippen LogP contribution in [-0.2, 0) is 14.8 Å². The minimum absolute atomic E-state index is 0.0249. The van der Waals surface area contributed by atoms with E-state index in [1.54, 1.807) is 0 Å². The highest BCUT2D eigenvalue weighted by Crippen LogP contribution is 2.18. The Labute approximate surface area is 122 Å². The maximum Gasteiger partial charge on any atom is 0.211 e. The Hall–Kier alpha value is -0.210. The number of ether oxygens (including phenoxy) is 1. The van der Waals surface area contributed by atoms with Gasteiger partial charge in [0.2, 0.25) is 10.0 Å². The van der Waals surface area contributed by atoms with Crippen molar-refractivity contribution >= 4 is 10.0 Å². The molecule has 0 amide bonds. The largest absolute Gasteiger partial charge is 0.374 e. The van der Waals surface area contributed by atoms with Crippen molar-refractivity contribution < 1.29 is 13.2 Å². The first-order valence-electron chi connectivity index (χ1n) is 7.64. The lowest BCUT2D eigenvalue weighted by Gasteiger charge is -2.32. The van der Waals surface area contributed by atoms with E-state index >= 15 is 0 Å². The molecule has 1 unspecified atom stereocenters. The van der Waals surface area contributed by atoms with Gasteiger partial charge in [-0.05, 0) is 32.4 Å². The summed E-state index contributed by atoms with van der Waals surface area (Å²) in [5.74, 6) is 0.191. The lowest BCUT2D eigenvalue weighted by molar-refractivity contribution is -0.0229. The molecule has 0 aromatic heterocycles. The van der Waals surface area contributed by atoms with Gasteiger partial charge in [-0.3, -0.25) is 4.90 Å². The fourth-order valence-corrected chi connectivity index (χ4v) is 3.45. The Morgan fingerprint density at radius 3 is 2.85 bits per heavy atom. The van der Waals surface area contributed by atoms with Crippen molar-refractivity contribution in [2.75, 3.05) is 45.1 Å². The molecule has 7 heteroatoms. The number of morpholine rings is 1. The first kappa shape index (κ1) is 16.2. The van der Waals surface area contributed by atoms with E-state index in [9.17, 15) is 8.42 Å². The zero-order chi connectivity index (χ0) is 14.4. The fraction of sp³-hybridized carbons (Fsp3) is 1.00. The molecule has 0 aromatic carbocycles. The van der Waals surface area contributed by atoms with Crippen LogP contribution in [0.2, 0.25) is 0 Å². The number of sulfonamides is 1. The van der Waals surface area contributed by atoms with Gasteiger partial charge in [-0.15, -0.1) is 0 Å². The van der Waals surface area contributed by atoms with E-state index in [1.807, 2.05) is 0 Å². The molecular formula is C13H27N3O3S. The van der Waals surface area contributed by atoms with E-state index in [4.69, 9.17) is 4.74 Å². The smallest absolute Gasteiger partial charge is 0.211 e. The molecule has 1 aliphatic heterocycles. The standard InChI is InChI=1S/C13H27N3O3S/c1-2-16-7-8-19-13(11-16)10-15-20(17,18)9-3-6-14-12-4-5-12/h12-15H,2-11H2,1H3. The zero-order valence-electron chi connectivity index (χ0n) is 12.3. The SMILES string of the molecule is CCN1CCOC(CNS(=O)(=O)CCCNC2CC2)C1. The molecule has 0 radical (unpaired) electrons. The summed E-state index contributed by atoms with van der Waals surface area (Å²) >= 11 is 0. The third-order valence-electron chi connectivity index (χ3n) is 3.80. The van der Waals surface area contributed by atoms with Crippen molar-refractivity contribution in [1.29, 1.82) is 0 Å². The molecule has 20 heavy (non-hydrogen) atoms. The average molecular weight is 305 g/mol. The number of hydrogen-bond acceptors (Lipinski definition) is 5. The first-order valence-corrected chi connectivity index (χ1v) is 9.29. The van der Waals surface area contributed by atoms with Gasteiger partial charge in [0.05, 0.1) is 18.5 Å². The summed E-state index contributed by atoms with van der Waals surface area (Å²) in [7, 11) is -3.17. The van der Waals surface area contributed by atoms with Gasteiger partial charge in [-0.25, -0.2) is 13.1 Å². The number of rotatable bonds is 9. The average Bonchev–Trinajstić information content (AvgIpc) is 3.26. The highest BCUT2D eigenvalue weighted by atomic mass is 32.2. The van der Waals surface area contributed by atoms with E-state index in [0.29, 0.717) is 25.6 Å². The number of nitrogens with zero attached hydrogens (tertiary/aromatic N) is 1. The van der Waals surface area contributed by atoms with Gasteiger partial charge >= 0.3 is 0 Å². The fourth-order valence-electron chi connectivity index (χ4n) is 2.34. The summed E-state index contributed by atoms with van der Waals surface area (Å²) in [6.45, 7) is 6.70. The minimum atomic E-state index is -3.17. The van der Waals surface area contributed by atoms with Crippen molar-refractivity contribution in [3.63, 3.8) is 0 Å². The first-order chi connectivity index (χ1) is 9.59. The minimum Gasteiger partial charge on any atom is -0.374 e. The molecule has 1 saturated carbocycles. The summed E-state index contributed by atoms with van der Waals surface area (Å²) in [5, 5.41) is 3.32. The van der Waals surface area contributed by atoms with Crippen LogP contribution in [0.25, 0.3) is 0 Å². The Morgan fingerprint density at radius 2 is 2.15 bits per heavy atom. The van der Waals surface area contributed by atoms with Crippen LogP contribution in [-0.4, -0.2) is 70.5 Å². The summed E-state index contributed by atoms with van der Waals surface area (Å²) in [5.41, 5.74) is 0. The second-order valence-corrected chi connectivity index (χ2v) is 7.56. The lowest BCUT2D eigenvalue weighted by atomic mass is 10.3. The molecule has 1 aliphatic carbocycles. The van der Waals surface area contributed by atoms with Gasteiger partial charge in [0.15, 0.2) is 0 Å². The van der Waals surface area contributed by atoms with Crippen LogP contribution >= 0.6 is 0 Å². The maximum absolute atomic E-state index is 11.9. The molecule has 2 aliphatic rings. The molecule has 0 aromatic rings. The Balaban J connectivity index is 1.60. The van der Waals surface area contributed by atoms with Gasteiger partial charge in [0.25, 0.3) is 0 Å². The summed E-state index contributed by atoms with van der Waals surface area (Å²) in [4.78, 5) is 2.28. The molecule has 2 rings (SSSR count). The highest BCUT2D eigenvalue weighted by Gasteiger charge is 2.22. The second kappa shape index (κ2) is 7.70.